The SMILES string of the molecule is C[Si]1(C)OB(O)c2cc(F)c(SCCC#N)c(F)c21. The zero-order chi connectivity index (χ0) is 14.2. The van der Waals surface area contributed by atoms with Crippen molar-refractivity contribution in [2.75, 3.05) is 5.75 Å². The summed E-state index contributed by atoms with van der Waals surface area (Å²) >= 11 is 0.979. The molecule has 1 aliphatic heterocycles. The number of nitrogens with zero attached hydrogens (tertiary/aromatic N) is 1. The van der Waals surface area contributed by atoms with Gasteiger partial charge in [-0.1, -0.05) is 0 Å². The van der Waals surface area contributed by atoms with Crippen LogP contribution in [-0.4, -0.2) is 26.2 Å². The average molecular weight is 299 g/mol. The Kier molecular flexibility index (Phi) is 4.01. The summed E-state index contributed by atoms with van der Waals surface area (Å²) in [5.74, 6) is -1.03. The Labute approximate surface area is 115 Å². The third-order valence-electron chi connectivity index (χ3n) is 2.94. The van der Waals surface area contributed by atoms with E-state index < -0.39 is 27.1 Å². The maximum absolute atomic E-state index is 14.4. The largest absolute Gasteiger partial charge is 0.480 e. The van der Waals surface area contributed by atoms with Gasteiger partial charge in [-0.15, -0.1) is 11.8 Å². The second kappa shape index (κ2) is 5.25. The molecule has 0 atom stereocenters. The number of rotatable bonds is 3. The number of nitriles is 1. The predicted octanol–water partition coefficient (Wildman–Crippen LogP) is 1.10. The van der Waals surface area contributed by atoms with E-state index in [0.29, 0.717) is 10.9 Å². The summed E-state index contributed by atoms with van der Waals surface area (Å²) in [7, 11) is -3.79. The van der Waals surface area contributed by atoms with Crippen molar-refractivity contribution in [1.29, 1.82) is 5.26 Å². The fraction of sp³-hybridized carbons (Fsp3) is 0.364. The lowest BCUT2D eigenvalue weighted by Crippen LogP contribution is -2.46. The lowest BCUT2D eigenvalue weighted by Gasteiger charge is -2.18. The predicted molar refractivity (Wildman–Crippen MR) is 73.1 cm³/mol. The Morgan fingerprint density at radius 2 is 2.21 bits per heavy atom. The molecule has 0 fully saturated rings. The normalized spacial score (nSPS) is 16.3. The summed E-state index contributed by atoms with van der Waals surface area (Å²) in [5, 5.41) is 18.5. The van der Waals surface area contributed by atoms with Crippen LogP contribution >= 0.6 is 11.8 Å². The molecule has 0 amide bonds. The first kappa shape index (κ1) is 14.5. The molecule has 8 heteroatoms. The first-order valence-electron chi connectivity index (χ1n) is 5.76. The van der Waals surface area contributed by atoms with Crippen LogP contribution in [-0.2, 0) is 4.34 Å². The molecule has 0 unspecified atom stereocenters. The van der Waals surface area contributed by atoms with E-state index in [4.69, 9.17) is 9.61 Å². The van der Waals surface area contributed by atoms with Crippen molar-refractivity contribution >= 4 is 37.8 Å². The molecule has 1 aromatic rings. The fourth-order valence-electron chi connectivity index (χ4n) is 2.16. The highest BCUT2D eigenvalue weighted by atomic mass is 32.2. The van der Waals surface area contributed by atoms with E-state index in [1.165, 1.54) is 0 Å². The summed E-state index contributed by atoms with van der Waals surface area (Å²) < 4.78 is 33.7. The van der Waals surface area contributed by atoms with Crippen molar-refractivity contribution in [3.05, 3.63) is 17.7 Å². The second-order valence-corrected chi connectivity index (χ2v) is 9.56. The highest BCUT2D eigenvalue weighted by molar-refractivity contribution is 7.99. The molecule has 1 heterocycles. The minimum absolute atomic E-state index is 0.0905. The van der Waals surface area contributed by atoms with Crippen molar-refractivity contribution in [1.82, 2.24) is 0 Å². The van der Waals surface area contributed by atoms with Crippen LogP contribution < -0.4 is 10.6 Å². The van der Waals surface area contributed by atoms with Crippen LogP contribution in [0.5, 0.6) is 0 Å². The molecule has 3 nitrogen and oxygen atoms in total. The summed E-state index contributed by atoms with van der Waals surface area (Å²) in [6, 6.07) is 3.07. The highest BCUT2D eigenvalue weighted by Crippen LogP contribution is 2.27. The highest BCUT2D eigenvalue weighted by Gasteiger charge is 2.46. The van der Waals surface area contributed by atoms with Gasteiger partial charge >= 0.3 is 7.12 Å². The van der Waals surface area contributed by atoms with E-state index in [9.17, 15) is 13.8 Å². The van der Waals surface area contributed by atoms with Crippen LogP contribution in [0.2, 0.25) is 13.1 Å². The number of benzene rings is 1. The van der Waals surface area contributed by atoms with Crippen molar-refractivity contribution in [2.24, 2.45) is 0 Å². The molecule has 100 valence electrons. The van der Waals surface area contributed by atoms with E-state index in [2.05, 4.69) is 0 Å². The summed E-state index contributed by atoms with van der Waals surface area (Å²) in [5.41, 5.74) is 0.191. The van der Waals surface area contributed by atoms with E-state index in [0.717, 1.165) is 17.8 Å². The molecule has 1 aromatic carbocycles. The van der Waals surface area contributed by atoms with Crippen LogP contribution in [0.1, 0.15) is 6.42 Å². The number of halogens is 2. The monoisotopic (exact) mass is 299 g/mol. The smallest absolute Gasteiger partial charge is 0.446 e. The number of hydrogen-bond donors (Lipinski definition) is 1. The van der Waals surface area contributed by atoms with Gasteiger partial charge in [-0.2, -0.15) is 5.26 Å². The van der Waals surface area contributed by atoms with Crippen molar-refractivity contribution < 1.29 is 18.1 Å². The van der Waals surface area contributed by atoms with E-state index in [-0.39, 0.29) is 16.8 Å². The number of fused-ring (bicyclic) bond motifs is 1. The van der Waals surface area contributed by atoms with Gasteiger partial charge in [0.05, 0.1) is 11.0 Å². The van der Waals surface area contributed by atoms with Gasteiger partial charge in [0.15, 0.2) is 0 Å². The molecule has 19 heavy (non-hydrogen) atoms. The topological polar surface area (TPSA) is 53.2 Å². The van der Waals surface area contributed by atoms with Crippen LogP contribution in [0.25, 0.3) is 0 Å². The molecule has 0 radical (unpaired) electrons. The zero-order valence-electron chi connectivity index (χ0n) is 10.5. The van der Waals surface area contributed by atoms with E-state index in [1.54, 1.807) is 13.1 Å². The Balaban J connectivity index is 2.47. The van der Waals surface area contributed by atoms with Crippen LogP contribution in [0.3, 0.4) is 0 Å². The molecule has 1 N–H and O–H groups in total. The van der Waals surface area contributed by atoms with Crippen molar-refractivity contribution in [3.8, 4) is 6.07 Å². The average Bonchev–Trinajstić information content (AvgIpc) is 2.53. The van der Waals surface area contributed by atoms with Crippen LogP contribution in [0.4, 0.5) is 8.78 Å². The molecule has 0 spiro atoms. The lowest BCUT2D eigenvalue weighted by atomic mass is 9.80. The third-order valence-corrected chi connectivity index (χ3v) is 6.54. The van der Waals surface area contributed by atoms with Crippen molar-refractivity contribution in [2.45, 2.75) is 24.4 Å². The van der Waals surface area contributed by atoms with Gasteiger partial charge < -0.3 is 9.37 Å². The fourth-order valence-corrected chi connectivity index (χ4v) is 5.42. The van der Waals surface area contributed by atoms with Crippen LogP contribution in [0, 0.1) is 23.0 Å². The third kappa shape index (κ3) is 2.56. The van der Waals surface area contributed by atoms with Gasteiger partial charge in [-0.25, -0.2) is 8.78 Å². The summed E-state index contributed by atoms with van der Waals surface area (Å²) in [6.07, 6.45) is 0.223. The Morgan fingerprint density at radius 1 is 1.53 bits per heavy atom. The first-order valence-corrected chi connectivity index (χ1v) is 9.66. The van der Waals surface area contributed by atoms with Crippen LogP contribution in [0.15, 0.2) is 11.0 Å². The Morgan fingerprint density at radius 3 is 2.84 bits per heavy atom. The first-order chi connectivity index (χ1) is 8.88. The van der Waals surface area contributed by atoms with Crippen molar-refractivity contribution in [3.63, 3.8) is 0 Å². The summed E-state index contributed by atoms with van der Waals surface area (Å²) in [6.45, 7) is 3.51. The summed E-state index contributed by atoms with van der Waals surface area (Å²) in [4.78, 5) is -0.0905. The minimum Gasteiger partial charge on any atom is -0.446 e. The van der Waals surface area contributed by atoms with E-state index >= 15 is 0 Å². The molecule has 0 aliphatic carbocycles. The molecule has 0 saturated heterocycles. The minimum atomic E-state index is -2.54. The van der Waals surface area contributed by atoms with Gasteiger partial charge in [0, 0.05) is 17.4 Å². The number of hydrogen-bond acceptors (Lipinski definition) is 4. The van der Waals surface area contributed by atoms with Gasteiger partial charge in [0.2, 0.25) is 8.32 Å². The van der Waals surface area contributed by atoms with Gasteiger partial charge in [-0.05, 0) is 24.6 Å². The molecule has 0 saturated carbocycles. The molecule has 0 aromatic heterocycles. The second-order valence-electron chi connectivity index (χ2n) is 4.70. The Bertz CT molecular complexity index is 565. The molecule has 1 aliphatic rings. The quantitative estimate of drug-likeness (QED) is 0.516. The maximum Gasteiger partial charge on any atom is 0.480 e. The van der Waals surface area contributed by atoms with E-state index in [1.807, 2.05) is 6.07 Å². The number of thioether (sulfide) groups is 1. The molecule has 0 bridgehead atoms. The molecular formula is C11H12BF2NO2SSi. The lowest BCUT2D eigenvalue weighted by molar-refractivity contribution is 0.440. The Hall–Kier alpha value is -0.878. The van der Waals surface area contributed by atoms with Gasteiger partial charge in [-0.3, -0.25) is 0 Å². The van der Waals surface area contributed by atoms with Gasteiger partial charge in [0.1, 0.15) is 11.6 Å². The maximum atomic E-state index is 14.4. The molecule has 2 rings (SSSR count). The van der Waals surface area contributed by atoms with Gasteiger partial charge in [0.25, 0.3) is 0 Å². The molecular weight excluding hydrogens is 287 g/mol. The standard InChI is InChI=1S/C11H12BF2NO2SSi/c1-19(2)11-7(12(16)17-19)6-8(13)10(9(11)14)18-5-3-4-15/h6,16H,3,5H2,1-2H3. The zero-order valence-corrected chi connectivity index (χ0v) is 12.4.